The highest BCUT2D eigenvalue weighted by Crippen LogP contribution is 2.46. The van der Waals surface area contributed by atoms with Gasteiger partial charge < -0.3 is 5.11 Å². The fourth-order valence-electron chi connectivity index (χ4n) is 4.37. The number of allylic oxidation sites excluding steroid dienone is 2. The van der Waals surface area contributed by atoms with E-state index in [1.54, 1.807) is 0 Å². The van der Waals surface area contributed by atoms with E-state index in [2.05, 4.69) is 34.8 Å². The van der Waals surface area contributed by atoms with Crippen LogP contribution >= 0.6 is 15.9 Å². The topological polar surface area (TPSA) is 66.7 Å². The largest absolute Gasteiger partial charge is 0.480 e. The zero-order valence-electron chi connectivity index (χ0n) is 17.1. The number of carboxylic acid groups (broad SMARTS) is 1. The van der Waals surface area contributed by atoms with Gasteiger partial charge in [-0.3, -0.25) is 9.79 Å². The van der Waals surface area contributed by atoms with Crippen molar-refractivity contribution in [2.45, 2.75) is 45.6 Å². The maximum atomic E-state index is 13.4. The molecule has 0 saturated carbocycles. The highest BCUT2D eigenvalue weighted by Gasteiger charge is 2.37. The minimum Gasteiger partial charge on any atom is -0.480 e. The van der Waals surface area contributed by atoms with E-state index < -0.39 is 12.0 Å². The number of aliphatic carboxylic acids is 1. The molecule has 0 unspecified atom stereocenters. The molecule has 0 aromatic heterocycles. The van der Waals surface area contributed by atoms with Gasteiger partial charge in [-0.25, -0.2) is 4.79 Å². The van der Waals surface area contributed by atoms with Crippen molar-refractivity contribution in [2.24, 2.45) is 10.4 Å². The smallest absolute Gasteiger partial charge is 0.328 e. The Morgan fingerprint density at radius 3 is 2.57 bits per heavy atom. The van der Waals surface area contributed by atoms with Crippen molar-refractivity contribution in [1.29, 1.82) is 0 Å². The summed E-state index contributed by atoms with van der Waals surface area (Å²) < 4.78 is 0.885. The molecular weight excluding hydrogens is 442 g/mol. The first-order chi connectivity index (χ1) is 14.2. The van der Waals surface area contributed by atoms with Gasteiger partial charge in [0, 0.05) is 22.0 Å². The third-order valence-electron chi connectivity index (χ3n) is 5.96. The van der Waals surface area contributed by atoms with Gasteiger partial charge in [0.2, 0.25) is 5.78 Å². The van der Waals surface area contributed by atoms with Crippen molar-refractivity contribution in [2.75, 3.05) is 0 Å². The first-order valence-corrected chi connectivity index (χ1v) is 11.0. The third-order valence-corrected chi connectivity index (χ3v) is 6.45. The Morgan fingerprint density at radius 1 is 1.13 bits per heavy atom. The number of hydrogen-bond acceptors (Lipinski definition) is 3. The molecule has 2 aliphatic rings. The van der Waals surface area contributed by atoms with Crippen molar-refractivity contribution in [3.05, 3.63) is 75.3 Å². The van der Waals surface area contributed by atoms with E-state index in [1.807, 2.05) is 48.5 Å². The summed E-state index contributed by atoms with van der Waals surface area (Å²) in [5.41, 5.74) is 4.96. The van der Waals surface area contributed by atoms with Crippen molar-refractivity contribution in [3.63, 3.8) is 0 Å². The van der Waals surface area contributed by atoms with E-state index in [0.29, 0.717) is 6.42 Å². The van der Waals surface area contributed by atoms with E-state index in [1.165, 1.54) is 0 Å². The second kappa shape index (κ2) is 7.95. The molecule has 0 bridgehead atoms. The van der Waals surface area contributed by atoms with Crippen LogP contribution < -0.4 is 0 Å². The Balaban J connectivity index is 1.78. The normalized spacial score (nSPS) is 20.0. The Morgan fingerprint density at radius 2 is 1.87 bits per heavy atom. The van der Waals surface area contributed by atoms with Gasteiger partial charge in [0.25, 0.3) is 0 Å². The monoisotopic (exact) mass is 465 g/mol. The summed E-state index contributed by atoms with van der Waals surface area (Å²) in [5.74, 6) is -1.14. The van der Waals surface area contributed by atoms with Crippen LogP contribution in [0.15, 0.2) is 63.6 Å². The van der Waals surface area contributed by atoms with Crippen molar-refractivity contribution in [1.82, 2.24) is 0 Å². The molecule has 0 amide bonds. The van der Waals surface area contributed by atoms with Gasteiger partial charge in [0.15, 0.2) is 6.04 Å². The zero-order valence-corrected chi connectivity index (χ0v) is 18.7. The molecule has 0 saturated heterocycles. The summed E-state index contributed by atoms with van der Waals surface area (Å²) >= 11 is 3.42. The average Bonchev–Trinajstić information content (AvgIpc) is 2.69. The fourth-order valence-corrected chi connectivity index (χ4v) is 4.82. The van der Waals surface area contributed by atoms with Gasteiger partial charge in [0.05, 0.1) is 0 Å². The predicted molar refractivity (Wildman–Crippen MR) is 122 cm³/mol. The van der Waals surface area contributed by atoms with Crippen LogP contribution in [0.1, 0.15) is 49.8 Å². The van der Waals surface area contributed by atoms with E-state index in [9.17, 15) is 14.7 Å². The Kier molecular flexibility index (Phi) is 5.49. The maximum Gasteiger partial charge on any atom is 0.328 e. The number of carbonyl (C=O) groups is 2. The molecule has 2 aromatic rings. The van der Waals surface area contributed by atoms with E-state index in [4.69, 9.17) is 0 Å². The number of halogens is 1. The molecular formula is C25H24BrNO3. The molecule has 2 aromatic carbocycles. The fraction of sp³-hybridized carbons (Fsp3) is 0.320. The molecule has 4 nitrogen and oxygen atoms in total. The Hall–Kier alpha value is -2.53. The molecule has 1 N–H and O–H groups in total. The number of Topliss-reactive ketones (excluding diaryl/α,β-unsaturated/α-hetero) is 1. The molecule has 0 aliphatic heterocycles. The Bertz CT molecular complexity index is 1100. The van der Waals surface area contributed by atoms with Crippen molar-refractivity contribution < 1.29 is 14.7 Å². The van der Waals surface area contributed by atoms with Crippen LogP contribution in [0.4, 0.5) is 0 Å². The molecule has 5 heteroatoms. The summed E-state index contributed by atoms with van der Waals surface area (Å²) in [5, 5.41) is 9.83. The molecule has 0 spiro atoms. The minimum atomic E-state index is -1.03. The van der Waals surface area contributed by atoms with Crippen LogP contribution in [0.25, 0.3) is 5.57 Å². The first kappa shape index (κ1) is 20.7. The number of rotatable bonds is 4. The van der Waals surface area contributed by atoms with Gasteiger partial charge in [0.1, 0.15) is 5.71 Å². The quantitative estimate of drug-likeness (QED) is 0.649. The average molecular weight is 466 g/mol. The lowest BCUT2D eigenvalue weighted by Gasteiger charge is -2.36. The summed E-state index contributed by atoms with van der Waals surface area (Å²) in [7, 11) is 0. The highest BCUT2D eigenvalue weighted by atomic mass is 79.9. The molecule has 4 rings (SSSR count). The van der Waals surface area contributed by atoms with Crippen molar-refractivity contribution >= 4 is 39.0 Å². The van der Waals surface area contributed by atoms with Gasteiger partial charge in [-0.2, -0.15) is 0 Å². The second-order valence-corrected chi connectivity index (χ2v) is 9.75. The lowest BCUT2D eigenvalue weighted by molar-refractivity contribution is -0.138. The van der Waals surface area contributed by atoms with Gasteiger partial charge in [-0.1, -0.05) is 66.2 Å². The SMILES string of the molecule is CC1(C)CCC2=C(C1)c1ccccc1C(=N[C@@H](Cc1cccc(Br)c1)C(=O)O)C2=O. The third kappa shape index (κ3) is 4.04. The lowest BCUT2D eigenvalue weighted by Crippen LogP contribution is -2.32. The second-order valence-electron chi connectivity index (χ2n) is 8.84. The predicted octanol–water partition coefficient (Wildman–Crippen LogP) is 5.48. The van der Waals surface area contributed by atoms with E-state index >= 15 is 0 Å². The van der Waals surface area contributed by atoms with Gasteiger partial charge in [-0.05, 0) is 53.5 Å². The molecule has 0 fully saturated rings. The number of nitrogens with zero attached hydrogens (tertiary/aromatic N) is 1. The van der Waals surface area contributed by atoms with Crippen LogP contribution in [0, 0.1) is 5.41 Å². The van der Waals surface area contributed by atoms with E-state index in [-0.39, 0.29) is 23.3 Å². The number of fused-ring (bicyclic) bond motifs is 2. The van der Waals surface area contributed by atoms with Crippen molar-refractivity contribution in [3.8, 4) is 0 Å². The molecule has 0 radical (unpaired) electrons. The summed E-state index contributed by atoms with van der Waals surface area (Å²) in [6.45, 7) is 4.46. The van der Waals surface area contributed by atoms with Crippen LogP contribution in [0.2, 0.25) is 0 Å². The molecule has 1 atom stereocenters. The number of benzene rings is 2. The summed E-state index contributed by atoms with van der Waals surface area (Å²) in [6.07, 6.45) is 2.72. The first-order valence-electron chi connectivity index (χ1n) is 10.2. The standard InChI is InChI=1S/C25H24BrNO3/c1-25(2)11-10-19-20(14-25)17-8-3-4-9-18(17)22(23(19)28)27-21(24(29)30)13-15-6-5-7-16(26)12-15/h3-9,12,21H,10-11,13-14H2,1-2H3,(H,29,30)/t21-/m0/s1. The molecule has 30 heavy (non-hydrogen) atoms. The minimum absolute atomic E-state index is 0.111. The number of carbonyl (C=O) groups excluding carboxylic acids is 1. The molecule has 2 aliphatic carbocycles. The van der Waals surface area contributed by atoms with Gasteiger partial charge in [-0.15, -0.1) is 0 Å². The maximum absolute atomic E-state index is 13.4. The summed E-state index contributed by atoms with van der Waals surface area (Å²) in [6, 6.07) is 14.3. The Labute approximate surface area is 184 Å². The zero-order chi connectivity index (χ0) is 21.5. The molecule has 154 valence electrons. The van der Waals surface area contributed by atoms with Crippen LogP contribution in [0.5, 0.6) is 0 Å². The van der Waals surface area contributed by atoms with Gasteiger partial charge >= 0.3 is 5.97 Å². The molecule has 0 heterocycles. The van der Waals surface area contributed by atoms with Crippen LogP contribution in [0.3, 0.4) is 0 Å². The highest BCUT2D eigenvalue weighted by molar-refractivity contribution is 9.10. The number of carboxylic acids is 1. The van der Waals surface area contributed by atoms with Crippen LogP contribution in [-0.4, -0.2) is 28.6 Å². The number of ketones is 1. The number of aliphatic imine (C=N–C) groups is 1. The van der Waals surface area contributed by atoms with Crippen LogP contribution in [-0.2, 0) is 16.0 Å². The lowest BCUT2D eigenvalue weighted by atomic mass is 9.68. The van der Waals surface area contributed by atoms with E-state index in [0.717, 1.165) is 45.2 Å². The number of hydrogen-bond donors (Lipinski definition) is 1. The summed E-state index contributed by atoms with van der Waals surface area (Å²) in [4.78, 5) is 29.9.